The van der Waals surface area contributed by atoms with E-state index in [-0.39, 0.29) is 24.1 Å². The van der Waals surface area contributed by atoms with Crippen LogP contribution in [-0.2, 0) is 12.7 Å². The Kier molecular flexibility index (Phi) is 4.32. The van der Waals surface area contributed by atoms with Crippen molar-refractivity contribution in [3.8, 4) is 17.5 Å². The molecule has 2 rings (SSSR count). The third kappa shape index (κ3) is 3.63. The SMILES string of the molecule is COc1cccc(Oc2ccc(CN)cc2C(F)(F)F)n1. The summed E-state index contributed by atoms with van der Waals surface area (Å²) in [6.07, 6.45) is -4.54. The zero-order chi connectivity index (χ0) is 15.5. The number of aromatic nitrogens is 1. The van der Waals surface area contributed by atoms with Crippen molar-refractivity contribution < 1.29 is 22.6 Å². The van der Waals surface area contributed by atoms with Gasteiger partial charge in [0, 0.05) is 18.7 Å². The van der Waals surface area contributed by atoms with E-state index in [2.05, 4.69) is 4.98 Å². The number of methoxy groups -OCH3 is 1. The van der Waals surface area contributed by atoms with Crippen LogP contribution in [0.25, 0.3) is 0 Å². The summed E-state index contributed by atoms with van der Waals surface area (Å²) >= 11 is 0. The summed E-state index contributed by atoms with van der Waals surface area (Å²) < 4.78 is 49.3. The minimum absolute atomic E-state index is 0.0142. The number of nitrogens with zero attached hydrogens (tertiary/aromatic N) is 1. The van der Waals surface area contributed by atoms with E-state index in [9.17, 15) is 13.2 Å². The second-order valence-electron chi connectivity index (χ2n) is 4.15. The third-order valence-corrected chi connectivity index (χ3v) is 2.71. The maximum absolute atomic E-state index is 13.0. The number of rotatable bonds is 4. The predicted octanol–water partition coefficient (Wildman–Crippen LogP) is 3.36. The number of nitrogens with two attached hydrogens (primary N) is 1. The molecular weight excluding hydrogens is 285 g/mol. The molecule has 7 heteroatoms. The van der Waals surface area contributed by atoms with Crippen molar-refractivity contribution in [1.29, 1.82) is 0 Å². The van der Waals surface area contributed by atoms with E-state index in [4.69, 9.17) is 15.2 Å². The first-order valence-corrected chi connectivity index (χ1v) is 6.03. The Bertz CT molecular complexity index is 630. The van der Waals surface area contributed by atoms with Crippen LogP contribution in [0, 0.1) is 0 Å². The standard InChI is InChI=1S/C14H13F3N2O2/c1-20-12-3-2-4-13(19-12)21-11-6-5-9(8-18)7-10(11)14(15,16)17/h2-7H,8,18H2,1H3. The molecule has 4 nitrogen and oxygen atoms in total. The lowest BCUT2D eigenvalue weighted by Gasteiger charge is -2.14. The van der Waals surface area contributed by atoms with Gasteiger partial charge >= 0.3 is 6.18 Å². The zero-order valence-corrected chi connectivity index (χ0v) is 11.1. The fraction of sp³-hybridized carbons (Fsp3) is 0.214. The van der Waals surface area contributed by atoms with Crippen LogP contribution >= 0.6 is 0 Å². The lowest BCUT2D eigenvalue weighted by Crippen LogP contribution is -2.09. The normalized spacial score (nSPS) is 11.3. The van der Waals surface area contributed by atoms with Gasteiger partial charge in [0.15, 0.2) is 0 Å². The highest BCUT2D eigenvalue weighted by molar-refractivity contribution is 5.41. The summed E-state index contributed by atoms with van der Waals surface area (Å²) in [5, 5.41) is 0. The van der Waals surface area contributed by atoms with E-state index >= 15 is 0 Å². The van der Waals surface area contributed by atoms with E-state index in [0.717, 1.165) is 6.07 Å². The molecule has 1 heterocycles. The van der Waals surface area contributed by atoms with Gasteiger partial charge in [-0.3, -0.25) is 0 Å². The molecule has 112 valence electrons. The molecule has 0 unspecified atom stereocenters. The molecule has 0 aliphatic heterocycles. The summed E-state index contributed by atoms with van der Waals surface area (Å²) in [6, 6.07) is 8.25. The number of ether oxygens (including phenoxy) is 2. The summed E-state index contributed by atoms with van der Waals surface area (Å²) in [5.41, 5.74) is 4.84. The van der Waals surface area contributed by atoms with Crippen molar-refractivity contribution in [2.75, 3.05) is 7.11 Å². The average Bonchev–Trinajstić information content (AvgIpc) is 2.46. The maximum Gasteiger partial charge on any atom is 0.419 e. The van der Waals surface area contributed by atoms with Crippen LogP contribution in [0.4, 0.5) is 13.2 Å². The number of alkyl halides is 3. The van der Waals surface area contributed by atoms with Crippen LogP contribution in [0.15, 0.2) is 36.4 Å². The summed E-state index contributed by atoms with van der Waals surface area (Å²) in [4.78, 5) is 3.92. The average molecular weight is 298 g/mol. The number of pyridine rings is 1. The fourth-order valence-electron chi connectivity index (χ4n) is 1.69. The van der Waals surface area contributed by atoms with E-state index in [1.54, 1.807) is 12.1 Å². The minimum Gasteiger partial charge on any atom is -0.481 e. The molecule has 0 fully saturated rings. The topological polar surface area (TPSA) is 57.4 Å². The van der Waals surface area contributed by atoms with Gasteiger partial charge in [0.1, 0.15) is 5.75 Å². The molecule has 0 saturated carbocycles. The van der Waals surface area contributed by atoms with Crippen LogP contribution in [0.2, 0.25) is 0 Å². The van der Waals surface area contributed by atoms with Gasteiger partial charge < -0.3 is 15.2 Å². The van der Waals surface area contributed by atoms with Crippen LogP contribution in [-0.4, -0.2) is 12.1 Å². The van der Waals surface area contributed by atoms with Gasteiger partial charge in [-0.25, -0.2) is 0 Å². The molecule has 0 atom stereocenters. The molecule has 0 spiro atoms. The second kappa shape index (κ2) is 6.01. The van der Waals surface area contributed by atoms with E-state index in [0.29, 0.717) is 5.56 Å². The Morgan fingerprint density at radius 2 is 1.86 bits per heavy atom. The monoisotopic (exact) mass is 298 g/mol. The molecule has 0 aliphatic carbocycles. The minimum atomic E-state index is -4.54. The first kappa shape index (κ1) is 15.1. The largest absolute Gasteiger partial charge is 0.481 e. The maximum atomic E-state index is 13.0. The highest BCUT2D eigenvalue weighted by Gasteiger charge is 2.35. The molecule has 1 aromatic heterocycles. The van der Waals surface area contributed by atoms with Crippen molar-refractivity contribution in [3.63, 3.8) is 0 Å². The Hall–Kier alpha value is -2.28. The first-order valence-electron chi connectivity index (χ1n) is 6.03. The second-order valence-corrected chi connectivity index (χ2v) is 4.15. The van der Waals surface area contributed by atoms with Crippen molar-refractivity contribution >= 4 is 0 Å². The number of hydrogen-bond acceptors (Lipinski definition) is 4. The molecule has 2 aromatic rings. The van der Waals surface area contributed by atoms with E-state index in [1.165, 1.54) is 25.3 Å². The van der Waals surface area contributed by atoms with Crippen LogP contribution < -0.4 is 15.2 Å². The van der Waals surface area contributed by atoms with Gasteiger partial charge in [-0.15, -0.1) is 0 Å². The van der Waals surface area contributed by atoms with Gasteiger partial charge in [-0.1, -0.05) is 12.1 Å². The fourth-order valence-corrected chi connectivity index (χ4v) is 1.69. The molecule has 2 N–H and O–H groups in total. The van der Waals surface area contributed by atoms with Gasteiger partial charge in [0.2, 0.25) is 11.8 Å². The molecule has 0 amide bonds. The van der Waals surface area contributed by atoms with E-state index in [1.807, 2.05) is 0 Å². The highest BCUT2D eigenvalue weighted by Crippen LogP contribution is 2.38. The van der Waals surface area contributed by atoms with Gasteiger partial charge in [0.25, 0.3) is 0 Å². The lowest BCUT2D eigenvalue weighted by atomic mass is 10.1. The molecule has 21 heavy (non-hydrogen) atoms. The zero-order valence-electron chi connectivity index (χ0n) is 11.1. The Morgan fingerprint density at radius 3 is 2.48 bits per heavy atom. The lowest BCUT2D eigenvalue weighted by molar-refractivity contribution is -0.138. The first-order chi connectivity index (χ1) is 9.94. The molecule has 0 bridgehead atoms. The quantitative estimate of drug-likeness (QED) is 0.940. The highest BCUT2D eigenvalue weighted by atomic mass is 19.4. The van der Waals surface area contributed by atoms with Crippen LogP contribution in [0.3, 0.4) is 0 Å². The molecule has 0 radical (unpaired) electrons. The van der Waals surface area contributed by atoms with Gasteiger partial charge in [-0.2, -0.15) is 18.2 Å². The van der Waals surface area contributed by atoms with E-state index < -0.39 is 11.7 Å². The summed E-state index contributed by atoms with van der Waals surface area (Å²) in [7, 11) is 1.41. The number of benzene rings is 1. The predicted molar refractivity (Wildman–Crippen MR) is 70.2 cm³/mol. The number of halogens is 3. The Balaban J connectivity index is 2.39. The Morgan fingerprint density at radius 1 is 1.14 bits per heavy atom. The Labute approximate surface area is 119 Å². The summed E-state index contributed by atoms with van der Waals surface area (Å²) in [6.45, 7) is 0.0147. The molecule has 0 saturated heterocycles. The summed E-state index contributed by atoms with van der Waals surface area (Å²) in [5.74, 6) is -0.0690. The smallest absolute Gasteiger partial charge is 0.419 e. The third-order valence-electron chi connectivity index (χ3n) is 2.71. The molecular formula is C14H13F3N2O2. The van der Waals surface area contributed by atoms with Crippen LogP contribution in [0.5, 0.6) is 17.5 Å². The molecule has 0 aliphatic rings. The number of hydrogen-bond donors (Lipinski definition) is 1. The van der Waals surface area contributed by atoms with Crippen molar-refractivity contribution in [1.82, 2.24) is 4.98 Å². The molecule has 1 aromatic carbocycles. The van der Waals surface area contributed by atoms with Gasteiger partial charge in [-0.05, 0) is 17.7 Å². The van der Waals surface area contributed by atoms with Crippen molar-refractivity contribution in [2.24, 2.45) is 5.73 Å². The van der Waals surface area contributed by atoms with Crippen molar-refractivity contribution in [3.05, 3.63) is 47.5 Å². The van der Waals surface area contributed by atoms with Crippen LogP contribution in [0.1, 0.15) is 11.1 Å². The van der Waals surface area contributed by atoms with Crippen molar-refractivity contribution in [2.45, 2.75) is 12.7 Å². The van der Waals surface area contributed by atoms with Gasteiger partial charge in [0.05, 0.1) is 12.7 Å².